The van der Waals surface area contributed by atoms with Gasteiger partial charge >= 0.3 is 5.63 Å². The summed E-state index contributed by atoms with van der Waals surface area (Å²) in [7, 11) is 0. The zero-order valence-corrected chi connectivity index (χ0v) is 13.0. The smallest absolute Gasteiger partial charge is 0.340 e. The maximum Gasteiger partial charge on any atom is 0.340 e. The third kappa shape index (κ3) is 3.19. The van der Waals surface area contributed by atoms with Crippen LogP contribution in [0.1, 0.15) is 16.7 Å². The number of benzene rings is 2. The summed E-state index contributed by atoms with van der Waals surface area (Å²) in [6, 6.07) is 15.5. The van der Waals surface area contributed by atoms with Crippen LogP contribution in [0.5, 0.6) is 5.75 Å². The lowest BCUT2D eigenvalue weighted by atomic mass is 10.0. The molecule has 116 valence electrons. The van der Waals surface area contributed by atoms with Crippen LogP contribution in [0.2, 0.25) is 0 Å². The highest BCUT2D eigenvalue weighted by Crippen LogP contribution is 2.25. The van der Waals surface area contributed by atoms with Crippen LogP contribution < -0.4 is 10.4 Å². The number of rotatable bonds is 5. The number of hydrogen-bond donors (Lipinski definition) is 0. The van der Waals surface area contributed by atoms with Crippen molar-refractivity contribution in [1.29, 1.82) is 0 Å². The average molecular weight is 306 g/mol. The van der Waals surface area contributed by atoms with Crippen LogP contribution in [0.4, 0.5) is 0 Å². The van der Waals surface area contributed by atoms with Crippen molar-refractivity contribution in [3.8, 4) is 5.75 Å². The van der Waals surface area contributed by atoms with Gasteiger partial charge in [0.2, 0.25) is 0 Å². The molecule has 1 heterocycles. The molecule has 0 N–H and O–H groups in total. The molecule has 0 saturated carbocycles. The van der Waals surface area contributed by atoms with Crippen LogP contribution in [-0.4, -0.2) is 0 Å². The van der Waals surface area contributed by atoms with Gasteiger partial charge in [0, 0.05) is 17.0 Å². The van der Waals surface area contributed by atoms with Gasteiger partial charge in [-0.15, -0.1) is 6.58 Å². The molecule has 0 fully saturated rings. The third-order valence-corrected chi connectivity index (χ3v) is 3.86. The first-order chi connectivity index (χ1) is 11.2. The van der Waals surface area contributed by atoms with Gasteiger partial charge in [0.15, 0.2) is 0 Å². The zero-order chi connectivity index (χ0) is 16.2. The monoisotopic (exact) mass is 306 g/mol. The quantitative estimate of drug-likeness (QED) is 0.518. The number of ether oxygens (including phenoxy) is 1. The second-order valence-electron chi connectivity index (χ2n) is 5.42. The average Bonchev–Trinajstić information content (AvgIpc) is 2.57. The fraction of sp³-hybridized carbons (Fsp3) is 0.150. The highest BCUT2D eigenvalue weighted by molar-refractivity contribution is 5.82. The van der Waals surface area contributed by atoms with Crippen molar-refractivity contribution in [2.45, 2.75) is 20.0 Å². The number of allylic oxidation sites excluding steroid dienone is 1. The van der Waals surface area contributed by atoms with Crippen molar-refractivity contribution in [2.24, 2.45) is 0 Å². The molecule has 1 aromatic heterocycles. The summed E-state index contributed by atoms with van der Waals surface area (Å²) in [6.07, 6.45) is 2.22. The van der Waals surface area contributed by atoms with Crippen molar-refractivity contribution >= 4 is 11.0 Å². The molecule has 0 aliphatic rings. The van der Waals surface area contributed by atoms with E-state index in [-0.39, 0.29) is 5.63 Å². The maximum atomic E-state index is 12.1. The molecule has 0 bridgehead atoms. The fourth-order valence-corrected chi connectivity index (χ4v) is 2.59. The molecule has 0 radical (unpaired) electrons. The van der Waals surface area contributed by atoms with Crippen molar-refractivity contribution in [3.05, 3.63) is 88.3 Å². The Morgan fingerprint density at radius 1 is 1.17 bits per heavy atom. The van der Waals surface area contributed by atoms with E-state index in [0.717, 1.165) is 16.5 Å². The SMILES string of the molecule is C=CCc1c(C)c2ccc(OCc3ccccc3)cc2oc1=O. The lowest BCUT2D eigenvalue weighted by Gasteiger charge is -2.09. The van der Waals surface area contributed by atoms with Gasteiger partial charge in [-0.3, -0.25) is 0 Å². The largest absolute Gasteiger partial charge is 0.489 e. The van der Waals surface area contributed by atoms with Gasteiger partial charge in [0.25, 0.3) is 0 Å². The Morgan fingerprint density at radius 3 is 2.70 bits per heavy atom. The van der Waals surface area contributed by atoms with Crippen molar-refractivity contribution in [2.75, 3.05) is 0 Å². The van der Waals surface area contributed by atoms with E-state index < -0.39 is 0 Å². The maximum absolute atomic E-state index is 12.1. The summed E-state index contributed by atoms with van der Waals surface area (Å²) >= 11 is 0. The molecular formula is C20H18O3. The minimum atomic E-state index is -0.310. The first-order valence-electron chi connectivity index (χ1n) is 7.53. The Hall–Kier alpha value is -2.81. The standard InChI is InChI=1S/C20H18O3/c1-3-7-18-14(2)17-11-10-16(12-19(17)23-20(18)21)22-13-15-8-5-4-6-9-15/h3-6,8-12H,1,7,13H2,2H3. The molecule has 0 unspecified atom stereocenters. The zero-order valence-electron chi connectivity index (χ0n) is 13.0. The lowest BCUT2D eigenvalue weighted by Crippen LogP contribution is -2.09. The number of fused-ring (bicyclic) bond motifs is 1. The van der Waals surface area contributed by atoms with Gasteiger partial charge in [-0.25, -0.2) is 4.79 Å². The molecule has 0 spiro atoms. The minimum Gasteiger partial charge on any atom is -0.489 e. The lowest BCUT2D eigenvalue weighted by molar-refractivity contribution is 0.306. The molecule has 0 aliphatic carbocycles. The van der Waals surface area contributed by atoms with Gasteiger partial charge in [-0.05, 0) is 36.6 Å². The van der Waals surface area contributed by atoms with Crippen LogP contribution in [0.25, 0.3) is 11.0 Å². The topological polar surface area (TPSA) is 39.4 Å². The second kappa shape index (κ2) is 6.53. The van der Waals surface area contributed by atoms with E-state index in [2.05, 4.69) is 6.58 Å². The molecule has 3 heteroatoms. The van der Waals surface area contributed by atoms with E-state index in [1.807, 2.05) is 49.4 Å². The van der Waals surface area contributed by atoms with Crippen LogP contribution >= 0.6 is 0 Å². The van der Waals surface area contributed by atoms with Gasteiger partial charge in [0.1, 0.15) is 17.9 Å². The summed E-state index contributed by atoms with van der Waals surface area (Å²) in [4.78, 5) is 12.1. The summed E-state index contributed by atoms with van der Waals surface area (Å²) in [5, 5.41) is 0.925. The highest BCUT2D eigenvalue weighted by atomic mass is 16.5. The summed E-state index contributed by atoms with van der Waals surface area (Å²) in [5.74, 6) is 0.681. The molecule has 3 aromatic rings. The van der Waals surface area contributed by atoms with E-state index in [1.54, 1.807) is 12.1 Å². The van der Waals surface area contributed by atoms with Crippen LogP contribution in [0.3, 0.4) is 0 Å². The summed E-state index contributed by atoms with van der Waals surface area (Å²) < 4.78 is 11.2. The van der Waals surface area contributed by atoms with Gasteiger partial charge < -0.3 is 9.15 Å². The first-order valence-corrected chi connectivity index (χ1v) is 7.53. The number of aryl methyl sites for hydroxylation is 1. The van der Waals surface area contributed by atoms with E-state index in [1.165, 1.54) is 0 Å². The molecular weight excluding hydrogens is 288 g/mol. The Labute approximate surface area is 134 Å². The highest BCUT2D eigenvalue weighted by Gasteiger charge is 2.11. The van der Waals surface area contributed by atoms with E-state index in [9.17, 15) is 4.79 Å². The Bertz CT molecular complexity index is 892. The van der Waals surface area contributed by atoms with Crippen LogP contribution in [0, 0.1) is 6.92 Å². The molecule has 0 aliphatic heterocycles. The van der Waals surface area contributed by atoms with Gasteiger partial charge in [-0.1, -0.05) is 36.4 Å². The number of hydrogen-bond acceptors (Lipinski definition) is 3. The van der Waals surface area contributed by atoms with Crippen molar-refractivity contribution < 1.29 is 9.15 Å². The molecule has 3 nitrogen and oxygen atoms in total. The van der Waals surface area contributed by atoms with Crippen molar-refractivity contribution in [1.82, 2.24) is 0 Å². The fourth-order valence-electron chi connectivity index (χ4n) is 2.59. The predicted molar refractivity (Wildman–Crippen MR) is 91.9 cm³/mol. The van der Waals surface area contributed by atoms with Crippen molar-refractivity contribution in [3.63, 3.8) is 0 Å². The summed E-state index contributed by atoms with van der Waals surface area (Å²) in [6.45, 7) is 6.09. The molecule has 0 amide bonds. The van der Waals surface area contributed by atoms with Gasteiger partial charge in [0.05, 0.1) is 0 Å². The van der Waals surface area contributed by atoms with Crippen LogP contribution in [-0.2, 0) is 13.0 Å². The molecule has 23 heavy (non-hydrogen) atoms. The Kier molecular flexibility index (Phi) is 4.29. The molecule has 2 aromatic carbocycles. The molecule has 0 saturated heterocycles. The third-order valence-electron chi connectivity index (χ3n) is 3.86. The second-order valence-corrected chi connectivity index (χ2v) is 5.42. The van der Waals surface area contributed by atoms with E-state index in [0.29, 0.717) is 29.9 Å². The summed E-state index contributed by atoms with van der Waals surface area (Å²) in [5.41, 5.74) is 2.92. The minimum absolute atomic E-state index is 0.310. The Morgan fingerprint density at radius 2 is 1.96 bits per heavy atom. The first kappa shape index (κ1) is 15.1. The van der Waals surface area contributed by atoms with Crippen LogP contribution in [0.15, 0.2) is 70.4 Å². The van der Waals surface area contributed by atoms with E-state index in [4.69, 9.17) is 9.15 Å². The molecule has 0 atom stereocenters. The normalized spacial score (nSPS) is 10.7. The Balaban J connectivity index is 1.91. The predicted octanol–water partition coefficient (Wildman–Crippen LogP) is 4.41. The molecule has 3 rings (SSSR count). The van der Waals surface area contributed by atoms with Gasteiger partial charge in [-0.2, -0.15) is 0 Å². The van der Waals surface area contributed by atoms with E-state index >= 15 is 0 Å².